The number of nitrogens with one attached hydrogen (secondary N) is 2. The Morgan fingerprint density at radius 2 is 2.10 bits per heavy atom. The Balaban J connectivity index is 2.40. The van der Waals surface area contributed by atoms with Crippen molar-refractivity contribution in [2.75, 3.05) is 17.1 Å². The second kappa shape index (κ2) is 5.17. The van der Waals surface area contributed by atoms with Crippen LogP contribution in [0.4, 0.5) is 17.2 Å². The SMILES string of the molecule is CNc1cc(S(=O)(=O)Nc2ccon2)ccc1[N+](=O)[O-]. The van der Waals surface area contributed by atoms with Gasteiger partial charge in [-0.25, -0.2) is 8.42 Å². The van der Waals surface area contributed by atoms with Gasteiger partial charge in [-0.1, -0.05) is 5.16 Å². The highest BCUT2D eigenvalue weighted by molar-refractivity contribution is 7.92. The normalized spacial score (nSPS) is 11.1. The number of benzene rings is 1. The molecule has 2 N–H and O–H groups in total. The molecule has 2 rings (SSSR count). The number of anilines is 2. The van der Waals surface area contributed by atoms with Crippen molar-refractivity contribution in [1.29, 1.82) is 0 Å². The van der Waals surface area contributed by atoms with E-state index in [1.807, 2.05) is 0 Å². The van der Waals surface area contributed by atoms with Gasteiger partial charge in [0, 0.05) is 19.2 Å². The Hall–Kier alpha value is -2.62. The number of sulfonamides is 1. The van der Waals surface area contributed by atoms with Crippen LogP contribution in [0.2, 0.25) is 0 Å². The number of hydrogen-bond donors (Lipinski definition) is 2. The zero-order valence-corrected chi connectivity index (χ0v) is 11.0. The number of rotatable bonds is 5. The smallest absolute Gasteiger partial charge is 0.292 e. The molecule has 0 aliphatic heterocycles. The average molecular weight is 298 g/mol. The summed E-state index contributed by atoms with van der Waals surface area (Å²) < 4.78 is 30.8. The highest BCUT2D eigenvalue weighted by atomic mass is 32.2. The largest absolute Gasteiger partial charge is 0.383 e. The first-order chi connectivity index (χ1) is 9.44. The summed E-state index contributed by atoms with van der Waals surface area (Å²) in [7, 11) is -2.43. The van der Waals surface area contributed by atoms with Crippen LogP contribution in [-0.4, -0.2) is 25.5 Å². The highest BCUT2D eigenvalue weighted by Crippen LogP contribution is 2.27. The molecule has 0 fully saturated rings. The van der Waals surface area contributed by atoms with E-state index < -0.39 is 14.9 Å². The zero-order chi connectivity index (χ0) is 14.8. The molecule has 1 heterocycles. The van der Waals surface area contributed by atoms with Crippen LogP contribution in [0.25, 0.3) is 0 Å². The van der Waals surface area contributed by atoms with E-state index in [1.165, 1.54) is 25.4 Å². The minimum absolute atomic E-state index is 0.0226. The highest BCUT2D eigenvalue weighted by Gasteiger charge is 2.20. The molecule has 106 valence electrons. The summed E-state index contributed by atoms with van der Waals surface area (Å²) in [5.74, 6) is 0.0226. The van der Waals surface area contributed by atoms with Gasteiger partial charge in [-0.2, -0.15) is 0 Å². The molecule has 10 heteroatoms. The maximum absolute atomic E-state index is 12.1. The van der Waals surface area contributed by atoms with Crippen molar-refractivity contribution < 1.29 is 17.9 Å². The molecule has 0 saturated carbocycles. The molecule has 2 aromatic rings. The molecule has 0 radical (unpaired) electrons. The van der Waals surface area contributed by atoms with E-state index in [1.54, 1.807) is 0 Å². The number of nitro groups is 1. The summed E-state index contributed by atoms with van der Waals surface area (Å²) in [5.41, 5.74) is -0.120. The summed E-state index contributed by atoms with van der Waals surface area (Å²) in [5, 5.41) is 16.8. The zero-order valence-electron chi connectivity index (χ0n) is 10.2. The van der Waals surface area contributed by atoms with Gasteiger partial charge in [0.15, 0.2) is 5.82 Å². The molecule has 0 amide bonds. The molecule has 0 unspecified atom stereocenters. The molecule has 0 aliphatic carbocycles. The van der Waals surface area contributed by atoms with Crippen molar-refractivity contribution in [1.82, 2.24) is 5.16 Å². The van der Waals surface area contributed by atoms with Crippen LogP contribution in [0.3, 0.4) is 0 Å². The predicted molar refractivity (Wildman–Crippen MR) is 70.0 cm³/mol. The maximum Gasteiger partial charge on any atom is 0.292 e. The lowest BCUT2D eigenvalue weighted by Gasteiger charge is -2.07. The Morgan fingerprint density at radius 3 is 2.65 bits per heavy atom. The molecule has 0 aliphatic rings. The lowest BCUT2D eigenvalue weighted by molar-refractivity contribution is -0.384. The van der Waals surface area contributed by atoms with Crippen molar-refractivity contribution >= 4 is 27.2 Å². The minimum Gasteiger partial charge on any atom is -0.383 e. The van der Waals surface area contributed by atoms with E-state index in [9.17, 15) is 18.5 Å². The summed E-state index contributed by atoms with van der Waals surface area (Å²) in [6.07, 6.45) is 1.21. The number of hydrogen-bond acceptors (Lipinski definition) is 7. The van der Waals surface area contributed by atoms with Crippen LogP contribution in [0.1, 0.15) is 0 Å². The van der Waals surface area contributed by atoms with Crippen molar-refractivity contribution in [3.8, 4) is 0 Å². The second-order valence-electron chi connectivity index (χ2n) is 3.68. The quantitative estimate of drug-likeness (QED) is 0.631. The van der Waals surface area contributed by atoms with Crippen molar-refractivity contribution in [3.05, 3.63) is 40.6 Å². The predicted octanol–water partition coefficient (Wildman–Crippen LogP) is 1.43. The third-order valence-electron chi connectivity index (χ3n) is 2.42. The summed E-state index contributed by atoms with van der Waals surface area (Å²) in [6, 6.07) is 4.76. The van der Waals surface area contributed by atoms with E-state index in [0.717, 1.165) is 12.1 Å². The lowest BCUT2D eigenvalue weighted by atomic mass is 10.3. The Bertz CT molecular complexity index is 726. The van der Waals surface area contributed by atoms with Crippen LogP contribution in [0, 0.1) is 10.1 Å². The van der Waals surface area contributed by atoms with Crippen LogP contribution in [-0.2, 0) is 10.0 Å². The first kappa shape index (κ1) is 13.8. The van der Waals surface area contributed by atoms with Gasteiger partial charge in [0.05, 0.1) is 9.82 Å². The molecule has 0 bridgehead atoms. The van der Waals surface area contributed by atoms with Crippen molar-refractivity contribution in [3.63, 3.8) is 0 Å². The van der Waals surface area contributed by atoms with Gasteiger partial charge in [-0.15, -0.1) is 0 Å². The Labute approximate surface area is 113 Å². The third-order valence-corrected chi connectivity index (χ3v) is 3.77. The first-order valence-electron chi connectivity index (χ1n) is 5.33. The molecule has 0 saturated heterocycles. The summed E-state index contributed by atoms with van der Waals surface area (Å²) >= 11 is 0. The number of aromatic nitrogens is 1. The van der Waals surface area contributed by atoms with Crippen LogP contribution >= 0.6 is 0 Å². The van der Waals surface area contributed by atoms with Gasteiger partial charge in [-0.05, 0) is 12.1 Å². The van der Waals surface area contributed by atoms with E-state index in [0.29, 0.717) is 0 Å². The summed E-state index contributed by atoms with van der Waals surface area (Å²) in [6.45, 7) is 0. The molecular formula is C10H10N4O5S. The van der Waals surface area contributed by atoms with Gasteiger partial charge < -0.3 is 9.84 Å². The van der Waals surface area contributed by atoms with E-state index in [2.05, 4.69) is 19.7 Å². The molecule has 20 heavy (non-hydrogen) atoms. The van der Waals surface area contributed by atoms with Gasteiger partial charge in [0.2, 0.25) is 0 Å². The fourth-order valence-corrected chi connectivity index (χ4v) is 2.52. The maximum atomic E-state index is 12.1. The molecule has 1 aromatic heterocycles. The van der Waals surface area contributed by atoms with Gasteiger partial charge in [0.25, 0.3) is 15.7 Å². The number of nitrogens with zero attached hydrogens (tertiary/aromatic N) is 2. The molecule has 0 atom stereocenters. The van der Waals surface area contributed by atoms with Crippen LogP contribution in [0.15, 0.2) is 39.9 Å². The third kappa shape index (κ3) is 2.69. The average Bonchev–Trinajstić information content (AvgIpc) is 2.89. The lowest BCUT2D eigenvalue weighted by Crippen LogP contribution is -2.13. The van der Waals surface area contributed by atoms with Crippen LogP contribution < -0.4 is 10.0 Å². The van der Waals surface area contributed by atoms with E-state index >= 15 is 0 Å². The topological polar surface area (TPSA) is 127 Å². The van der Waals surface area contributed by atoms with Gasteiger partial charge >= 0.3 is 0 Å². The number of nitro benzene ring substituents is 1. The first-order valence-corrected chi connectivity index (χ1v) is 6.82. The van der Waals surface area contributed by atoms with Gasteiger partial charge in [-0.3, -0.25) is 14.8 Å². The second-order valence-corrected chi connectivity index (χ2v) is 5.36. The standard InChI is InChI=1S/C10H10N4O5S/c1-11-8-6-7(2-3-9(8)14(15)16)20(17,18)13-10-4-5-19-12-10/h2-6,11H,1H3,(H,12,13). The Morgan fingerprint density at radius 1 is 1.35 bits per heavy atom. The fourth-order valence-electron chi connectivity index (χ4n) is 1.50. The van der Waals surface area contributed by atoms with E-state index in [-0.39, 0.29) is 22.1 Å². The monoisotopic (exact) mass is 298 g/mol. The molecule has 1 aromatic carbocycles. The summed E-state index contributed by atoms with van der Waals surface area (Å²) in [4.78, 5) is 10.0. The van der Waals surface area contributed by atoms with Gasteiger partial charge in [0.1, 0.15) is 12.0 Å². The van der Waals surface area contributed by atoms with Crippen molar-refractivity contribution in [2.45, 2.75) is 4.90 Å². The molecule has 9 nitrogen and oxygen atoms in total. The van der Waals surface area contributed by atoms with E-state index in [4.69, 9.17) is 0 Å². The van der Waals surface area contributed by atoms with Crippen molar-refractivity contribution in [2.24, 2.45) is 0 Å². The minimum atomic E-state index is -3.89. The molecule has 0 spiro atoms. The molecular weight excluding hydrogens is 288 g/mol. The van der Waals surface area contributed by atoms with Crippen LogP contribution in [0.5, 0.6) is 0 Å². The fraction of sp³-hybridized carbons (Fsp3) is 0.100. The Kier molecular flexibility index (Phi) is 3.57.